The molecule has 0 aliphatic heterocycles. The van der Waals surface area contributed by atoms with Gasteiger partial charge in [0.1, 0.15) is 16.8 Å². The fourth-order valence-corrected chi connectivity index (χ4v) is 2.69. The Bertz CT molecular complexity index is 680. The highest BCUT2D eigenvalue weighted by atomic mass is 35.5. The number of anilines is 1. The van der Waals surface area contributed by atoms with Crippen LogP contribution in [0.15, 0.2) is 6.07 Å². The first-order chi connectivity index (χ1) is 11.7. The van der Waals surface area contributed by atoms with E-state index in [2.05, 4.69) is 15.6 Å². The Morgan fingerprint density at radius 3 is 2.76 bits per heavy atom. The van der Waals surface area contributed by atoms with Gasteiger partial charge in [-0.3, -0.25) is 0 Å². The number of carbonyl (C=O) groups is 1. The summed E-state index contributed by atoms with van der Waals surface area (Å²) in [5.41, 5.74) is -0.602. The smallest absolute Gasteiger partial charge is 0.407 e. The largest absolute Gasteiger partial charge is 0.444 e. The number of halogens is 2. The number of hydrogen-bond donors (Lipinski definition) is 2. The number of pyridine rings is 1. The van der Waals surface area contributed by atoms with Gasteiger partial charge in [0, 0.05) is 12.6 Å². The Labute approximate surface area is 151 Å². The molecule has 1 heterocycles. The number of nitrogens with one attached hydrogen (secondary N) is 2. The number of carbonyl (C=O) groups excluding carboxylic acids is 1. The van der Waals surface area contributed by atoms with Gasteiger partial charge >= 0.3 is 6.09 Å². The molecule has 25 heavy (non-hydrogen) atoms. The average molecular weight is 369 g/mol. The van der Waals surface area contributed by atoms with E-state index >= 15 is 0 Å². The van der Waals surface area contributed by atoms with Crippen molar-refractivity contribution in [2.45, 2.75) is 51.7 Å². The van der Waals surface area contributed by atoms with Crippen LogP contribution < -0.4 is 10.6 Å². The molecule has 1 amide bonds. The zero-order chi connectivity index (χ0) is 18.6. The molecule has 1 aromatic heterocycles. The third kappa shape index (κ3) is 5.46. The van der Waals surface area contributed by atoms with Crippen molar-refractivity contribution in [1.29, 1.82) is 5.26 Å². The molecule has 0 spiro atoms. The maximum absolute atomic E-state index is 14.1. The van der Waals surface area contributed by atoms with Gasteiger partial charge in [0.15, 0.2) is 11.6 Å². The highest BCUT2D eigenvalue weighted by Crippen LogP contribution is 2.31. The first-order valence-electron chi connectivity index (χ1n) is 8.19. The molecule has 136 valence electrons. The van der Waals surface area contributed by atoms with E-state index in [9.17, 15) is 9.18 Å². The lowest BCUT2D eigenvalue weighted by Crippen LogP contribution is -2.45. The predicted octanol–water partition coefficient (Wildman–Crippen LogP) is 3.85. The van der Waals surface area contributed by atoms with Crippen molar-refractivity contribution in [3.63, 3.8) is 0 Å². The number of ether oxygens (including phenoxy) is 1. The zero-order valence-corrected chi connectivity index (χ0v) is 15.3. The molecule has 1 fully saturated rings. The van der Waals surface area contributed by atoms with Crippen molar-refractivity contribution in [2.24, 2.45) is 5.92 Å². The van der Waals surface area contributed by atoms with E-state index in [0.29, 0.717) is 5.92 Å². The molecule has 1 aliphatic rings. The minimum absolute atomic E-state index is 0.0169. The number of rotatable bonds is 5. The van der Waals surface area contributed by atoms with Crippen molar-refractivity contribution in [3.05, 3.63) is 22.6 Å². The van der Waals surface area contributed by atoms with Gasteiger partial charge in [0.05, 0.1) is 5.56 Å². The number of nitriles is 1. The van der Waals surface area contributed by atoms with E-state index < -0.39 is 17.5 Å². The summed E-state index contributed by atoms with van der Waals surface area (Å²) in [6.45, 7) is 5.63. The van der Waals surface area contributed by atoms with E-state index in [1.807, 2.05) is 0 Å². The van der Waals surface area contributed by atoms with Gasteiger partial charge in [-0.2, -0.15) is 5.26 Å². The number of aromatic nitrogens is 1. The molecule has 0 bridgehead atoms. The van der Waals surface area contributed by atoms with Crippen LogP contribution >= 0.6 is 11.6 Å². The summed E-state index contributed by atoms with van der Waals surface area (Å²) in [4.78, 5) is 15.8. The summed E-state index contributed by atoms with van der Waals surface area (Å²) in [6, 6.07) is 2.64. The van der Waals surface area contributed by atoms with E-state index in [0.717, 1.165) is 25.3 Å². The molecule has 1 saturated carbocycles. The number of hydrogen-bond acceptors (Lipinski definition) is 5. The van der Waals surface area contributed by atoms with Crippen molar-refractivity contribution >= 4 is 23.5 Å². The van der Waals surface area contributed by atoms with Crippen LogP contribution in [-0.4, -0.2) is 29.3 Å². The van der Waals surface area contributed by atoms with Crippen LogP contribution in [0.5, 0.6) is 0 Å². The molecule has 8 heteroatoms. The van der Waals surface area contributed by atoms with Gasteiger partial charge in [-0.25, -0.2) is 14.2 Å². The fourth-order valence-electron chi connectivity index (χ4n) is 2.51. The molecule has 6 nitrogen and oxygen atoms in total. The maximum Gasteiger partial charge on any atom is 0.407 e. The van der Waals surface area contributed by atoms with E-state index in [4.69, 9.17) is 21.6 Å². The van der Waals surface area contributed by atoms with E-state index in [-0.39, 0.29) is 29.1 Å². The highest BCUT2D eigenvalue weighted by molar-refractivity contribution is 6.30. The minimum atomic E-state index is -0.650. The van der Waals surface area contributed by atoms with Crippen molar-refractivity contribution in [3.8, 4) is 6.07 Å². The topological polar surface area (TPSA) is 87.0 Å². The predicted molar refractivity (Wildman–Crippen MR) is 92.9 cm³/mol. The van der Waals surface area contributed by atoms with Crippen LogP contribution in [0.1, 0.15) is 45.6 Å². The molecule has 0 aromatic carbocycles. The summed E-state index contributed by atoms with van der Waals surface area (Å²) >= 11 is 5.88. The Kier molecular flexibility index (Phi) is 6.07. The van der Waals surface area contributed by atoms with Crippen LogP contribution in [-0.2, 0) is 4.74 Å². The lowest BCUT2D eigenvalue weighted by molar-refractivity contribution is 0.0519. The van der Waals surface area contributed by atoms with Gasteiger partial charge in [0.2, 0.25) is 0 Å². The number of alkyl carbamates (subject to hydrolysis) is 1. The summed E-state index contributed by atoms with van der Waals surface area (Å²) < 4.78 is 19.4. The third-order valence-electron chi connectivity index (χ3n) is 3.96. The molecular formula is C17H22ClFN4O2. The van der Waals surface area contributed by atoms with Crippen LogP contribution in [0, 0.1) is 23.1 Å². The lowest BCUT2D eigenvalue weighted by Gasteiger charge is -2.35. The Balaban J connectivity index is 2.05. The molecule has 2 rings (SSSR count). The van der Waals surface area contributed by atoms with Gasteiger partial charge in [-0.15, -0.1) is 0 Å². The van der Waals surface area contributed by atoms with E-state index in [1.165, 1.54) is 0 Å². The van der Waals surface area contributed by atoms with E-state index in [1.54, 1.807) is 26.8 Å². The van der Waals surface area contributed by atoms with Crippen LogP contribution in [0.4, 0.5) is 15.0 Å². The second-order valence-electron chi connectivity index (χ2n) is 7.09. The molecular weight excluding hydrogens is 347 g/mol. The molecule has 1 aromatic rings. The zero-order valence-electron chi connectivity index (χ0n) is 14.5. The van der Waals surface area contributed by atoms with Gasteiger partial charge in [0.25, 0.3) is 0 Å². The van der Waals surface area contributed by atoms with Gasteiger partial charge < -0.3 is 15.4 Å². The fraction of sp³-hybridized carbons (Fsp3) is 0.588. The molecule has 0 unspecified atom stereocenters. The van der Waals surface area contributed by atoms with Crippen molar-refractivity contribution < 1.29 is 13.9 Å². The minimum Gasteiger partial charge on any atom is -0.444 e. The van der Waals surface area contributed by atoms with Crippen molar-refractivity contribution in [2.75, 3.05) is 11.9 Å². The number of amides is 1. The maximum atomic E-state index is 14.1. The molecule has 0 saturated heterocycles. The Hall–Kier alpha value is -2.07. The monoisotopic (exact) mass is 368 g/mol. The van der Waals surface area contributed by atoms with Crippen LogP contribution in [0.2, 0.25) is 5.15 Å². The average Bonchev–Trinajstić information content (AvgIpc) is 2.44. The number of nitrogens with zero attached hydrogens (tertiary/aromatic N) is 2. The second kappa shape index (κ2) is 7.87. The summed E-state index contributed by atoms with van der Waals surface area (Å²) in [5, 5.41) is 14.5. The molecule has 0 radical (unpaired) electrons. The first-order valence-corrected chi connectivity index (χ1v) is 8.57. The SMILES string of the molecule is CC(C)(C)OC(=O)NC[C@H](Nc1nc(Cl)c(C#N)cc1F)C1CCC1. The summed E-state index contributed by atoms with van der Waals surface area (Å²) in [5.74, 6) is -0.375. The Morgan fingerprint density at radius 1 is 1.56 bits per heavy atom. The van der Waals surface area contributed by atoms with Crippen molar-refractivity contribution in [1.82, 2.24) is 10.3 Å². The third-order valence-corrected chi connectivity index (χ3v) is 4.24. The normalized spacial score (nSPS) is 15.7. The van der Waals surface area contributed by atoms with Gasteiger partial charge in [-0.1, -0.05) is 18.0 Å². The van der Waals surface area contributed by atoms with Crippen LogP contribution in [0.3, 0.4) is 0 Å². The summed E-state index contributed by atoms with van der Waals surface area (Å²) in [6.07, 6.45) is 2.54. The van der Waals surface area contributed by atoms with Gasteiger partial charge in [-0.05, 0) is 45.6 Å². The molecule has 1 atom stereocenters. The summed E-state index contributed by atoms with van der Waals surface area (Å²) in [7, 11) is 0. The molecule has 1 aliphatic carbocycles. The standard InChI is InChI=1S/C17H22ClFN4O2/c1-17(2,3)25-16(24)21-9-13(10-5-4-6-10)22-15-12(19)7-11(8-20)14(18)23-15/h7,10,13H,4-6,9H2,1-3H3,(H,21,24)(H,22,23)/t13-/m0/s1. The highest BCUT2D eigenvalue weighted by Gasteiger charge is 2.29. The second-order valence-corrected chi connectivity index (χ2v) is 7.45. The lowest BCUT2D eigenvalue weighted by atomic mass is 9.79. The first kappa shape index (κ1) is 19.3. The quantitative estimate of drug-likeness (QED) is 0.771. The Morgan fingerprint density at radius 2 is 2.24 bits per heavy atom. The molecule has 2 N–H and O–H groups in total. The van der Waals surface area contributed by atoms with Crippen LogP contribution in [0.25, 0.3) is 0 Å².